The van der Waals surface area contributed by atoms with Crippen molar-refractivity contribution in [1.82, 2.24) is 0 Å². The normalized spacial score (nSPS) is 58.5. The van der Waals surface area contributed by atoms with E-state index in [1.807, 2.05) is 0 Å². The van der Waals surface area contributed by atoms with Crippen molar-refractivity contribution in [2.75, 3.05) is 6.61 Å². The van der Waals surface area contributed by atoms with Crippen LogP contribution >= 0.6 is 0 Å². The maximum atomic E-state index is 10.1. The lowest BCUT2D eigenvalue weighted by Gasteiger charge is -2.42. The Morgan fingerprint density at radius 3 is 2.50 bits per heavy atom. The molecule has 1 aliphatic heterocycles. The van der Waals surface area contributed by atoms with E-state index in [-0.39, 0.29) is 19.4 Å². The Hall–Kier alpha value is -0.200. The molecule has 2 aliphatic rings. The molecule has 5 atom stereocenters. The zero-order valence-corrected chi connectivity index (χ0v) is 8.05. The number of ether oxygens (including phenoxy) is 1. The summed E-state index contributed by atoms with van der Waals surface area (Å²) in [5, 5.41) is 39.3. The van der Waals surface area contributed by atoms with E-state index < -0.39 is 29.5 Å². The number of aliphatic hydroxyl groups excluding tert-OH is 2. The van der Waals surface area contributed by atoms with E-state index in [0.717, 1.165) is 0 Å². The number of aliphatic hydroxyl groups is 4. The lowest BCUT2D eigenvalue weighted by molar-refractivity contribution is -0.259. The highest BCUT2D eigenvalue weighted by Crippen LogP contribution is 2.49. The van der Waals surface area contributed by atoms with Crippen LogP contribution in [0, 0.1) is 5.92 Å². The second-order valence-corrected chi connectivity index (χ2v) is 4.56. The van der Waals surface area contributed by atoms with Crippen molar-refractivity contribution in [2.24, 2.45) is 5.92 Å². The van der Waals surface area contributed by atoms with Crippen LogP contribution in [0.1, 0.15) is 19.8 Å². The quantitative estimate of drug-likeness (QED) is 0.389. The van der Waals surface area contributed by atoms with Gasteiger partial charge in [-0.3, -0.25) is 0 Å². The summed E-state index contributed by atoms with van der Waals surface area (Å²) in [6, 6.07) is 0. The van der Waals surface area contributed by atoms with Gasteiger partial charge in [-0.15, -0.1) is 0 Å². The highest BCUT2D eigenvalue weighted by Gasteiger charge is 2.63. The minimum atomic E-state index is -1.42. The summed E-state index contributed by atoms with van der Waals surface area (Å²) in [6.07, 6.45) is -1.90. The zero-order valence-electron chi connectivity index (χ0n) is 8.05. The predicted octanol–water partition coefficient (Wildman–Crippen LogP) is -1.41. The average Bonchev–Trinajstić information content (AvgIpc) is 2.19. The zero-order chi connectivity index (χ0) is 10.6. The standard InChI is InChI=1S/C9H16O5/c1-8(12)4-5(10)9(13)2-3-14-7(11)6(8)9/h5-7,10-13H,2-4H2,1H3/t5-,6-,7-,8+,9-/m1/s1. The molecule has 14 heavy (non-hydrogen) atoms. The van der Waals surface area contributed by atoms with Gasteiger partial charge in [0.2, 0.25) is 0 Å². The van der Waals surface area contributed by atoms with E-state index in [4.69, 9.17) is 4.74 Å². The molecule has 1 saturated heterocycles. The van der Waals surface area contributed by atoms with Gasteiger partial charge in [-0.05, 0) is 6.92 Å². The maximum Gasteiger partial charge on any atom is 0.162 e. The third-order valence-electron chi connectivity index (χ3n) is 3.47. The Kier molecular flexibility index (Phi) is 2.14. The molecule has 0 unspecified atom stereocenters. The van der Waals surface area contributed by atoms with Crippen LogP contribution in [-0.2, 0) is 4.74 Å². The van der Waals surface area contributed by atoms with Gasteiger partial charge < -0.3 is 25.2 Å². The van der Waals surface area contributed by atoms with Gasteiger partial charge in [-0.1, -0.05) is 0 Å². The highest BCUT2D eigenvalue weighted by atomic mass is 16.6. The molecule has 0 bridgehead atoms. The maximum absolute atomic E-state index is 10.1. The third kappa shape index (κ3) is 1.20. The molecule has 82 valence electrons. The molecule has 0 radical (unpaired) electrons. The fraction of sp³-hybridized carbons (Fsp3) is 1.00. The monoisotopic (exact) mass is 204 g/mol. The van der Waals surface area contributed by atoms with Gasteiger partial charge in [0, 0.05) is 12.8 Å². The number of hydrogen-bond acceptors (Lipinski definition) is 5. The molecular weight excluding hydrogens is 188 g/mol. The second kappa shape index (κ2) is 2.90. The van der Waals surface area contributed by atoms with Crippen molar-refractivity contribution in [2.45, 2.75) is 43.4 Å². The average molecular weight is 204 g/mol. The van der Waals surface area contributed by atoms with Crippen LogP contribution in [0.5, 0.6) is 0 Å². The predicted molar refractivity (Wildman–Crippen MR) is 46.3 cm³/mol. The summed E-state index contributed by atoms with van der Waals surface area (Å²) < 4.78 is 4.97. The molecule has 4 N–H and O–H groups in total. The molecule has 1 heterocycles. The van der Waals surface area contributed by atoms with Gasteiger partial charge >= 0.3 is 0 Å². The lowest BCUT2D eigenvalue weighted by atomic mass is 9.79. The largest absolute Gasteiger partial charge is 0.390 e. The van der Waals surface area contributed by atoms with E-state index in [0.29, 0.717) is 0 Å². The van der Waals surface area contributed by atoms with E-state index >= 15 is 0 Å². The second-order valence-electron chi connectivity index (χ2n) is 4.56. The SMILES string of the molecule is C[C@]1(O)C[C@@H](O)[C@]2(O)CCO[C@@H](O)[C@@H]21. The first-order valence-electron chi connectivity index (χ1n) is 4.80. The Balaban J connectivity index is 2.35. The summed E-state index contributed by atoms with van der Waals surface area (Å²) in [6.45, 7) is 1.69. The van der Waals surface area contributed by atoms with Gasteiger partial charge in [0.15, 0.2) is 6.29 Å². The summed E-state index contributed by atoms with van der Waals surface area (Å²) in [4.78, 5) is 0. The van der Waals surface area contributed by atoms with Crippen LogP contribution in [0.2, 0.25) is 0 Å². The van der Waals surface area contributed by atoms with Crippen LogP contribution in [0.3, 0.4) is 0 Å². The summed E-state index contributed by atoms with van der Waals surface area (Å²) in [5.41, 5.74) is -2.70. The fourth-order valence-electron chi connectivity index (χ4n) is 2.76. The molecule has 5 heteroatoms. The number of hydrogen-bond donors (Lipinski definition) is 4. The van der Waals surface area contributed by atoms with Crippen LogP contribution < -0.4 is 0 Å². The van der Waals surface area contributed by atoms with Gasteiger partial charge in [0.1, 0.15) is 5.60 Å². The smallest absolute Gasteiger partial charge is 0.162 e. The molecule has 1 aliphatic carbocycles. The molecule has 0 aromatic heterocycles. The number of rotatable bonds is 0. The Labute approximate surface area is 81.9 Å². The summed E-state index contributed by atoms with van der Waals surface area (Å²) in [7, 11) is 0. The number of fused-ring (bicyclic) bond motifs is 1. The molecular formula is C9H16O5. The van der Waals surface area contributed by atoms with Crippen molar-refractivity contribution in [3.05, 3.63) is 0 Å². The third-order valence-corrected chi connectivity index (χ3v) is 3.47. The van der Waals surface area contributed by atoms with E-state index in [2.05, 4.69) is 0 Å². The Morgan fingerprint density at radius 2 is 1.93 bits per heavy atom. The molecule has 5 nitrogen and oxygen atoms in total. The minimum Gasteiger partial charge on any atom is -0.390 e. The Morgan fingerprint density at radius 1 is 1.29 bits per heavy atom. The lowest BCUT2D eigenvalue weighted by Crippen LogP contribution is -2.56. The fourth-order valence-corrected chi connectivity index (χ4v) is 2.76. The van der Waals surface area contributed by atoms with Crippen LogP contribution in [-0.4, -0.2) is 50.6 Å². The molecule has 2 fully saturated rings. The van der Waals surface area contributed by atoms with Gasteiger partial charge in [0.05, 0.1) is 24.2 Å². The molecule has 0 spiro atoms. The van der Waals surface area contributed by atoms with E-state index in [1.54, 1.807) is 0 Å². The summed E-state index contributed by atoms with van der Waals surface area (Å²) in [5.74, 6) is -0.834. The van der Waals surface area contributed by atoms with Crippen molar-refractivity contribution < 1.29 is 25.2 Å². The highest BCUT2D eigenvalue weighted by molar-refractivity contribution is 5.11. The van der Waals surface area contributed by atoms with Crippen molar-refractivity contribution in [3.8, 4) is 0 Å². The molecule has 2 rings (SSSR count). The van der Waals surface area contributed by atoms with Crippen LogP contribution in [0.15, 0.2) is 0 Å². The van der Waals surface area contributed by atoms with Crippen LogP contribution in [0.4, 0.5) is 0 Å². The van der Waals surface area contributed by atoms with Crippen molar-refractivity contribution in [3.63, 3.8) is 0 Å². The topological polar surface area (TPSA) is 90.2 Å². The molecule has 0 aromatic carbocycles. The summed E-state index contributed by atoms with van der Waals surface area (Å²) >= 11 is 0. The molecule has 0 aromatic rings. The van der Waals surface area contributed by atoms with Crippen molar-refractivity contribution >= 4 is 0 Å². The van der Waals surface area contributed by atoms with Gasteiger partial charge in [-0.2, -0.15) is 0 Å². The van der Waals surface area contributed by atoms with Crippen LogP contribution in [0.25, 0.3) is 0 Å². The molecule has 0 amide bonds. The van der Waals surface area contributed by atoms with E-state index in [9.17, 15) is 20.4 Å². The van der Waals surface area contributed by atoms with Gasteiger partial charge in [0.25, 0.3) is 0 Å². The first kappa shape index (κ1) is 10.3. The first-order valence-corrected chi connectivity index (χ1v) is 4.80. The first-order chi connectivity index (χ1) is 6.38. The minimum absolute atomic E-state index is 0.0641. The van der Waals surface area contributed by atoms with Crippen molar-refractivity contribution in [1.29, 1.82) is 0 Å². The van der Waals surface area contributed by atoms with Gasteiger partial charge in [-0.25, -0.2) is 0 Å². The van der Waals surface area contributed by atoms with E-state index in [1.165, 1.54) is 6.92 Å². The molecule has 1 saturated carbocycles. The Bertz CT molecular complexity index is 241.